The number of hydrogen-bond acceptors (Lipinski definition) is 4. The summed E-state index contributed by atoms with van der Waals surface area (Å²) in [6.45, 7) is 3.46. The number of rotatable bonds is 17. The van der Waals surface area contributed by atoms with Crippen LogP contribution in [-0.4, -0.2) is 13.7 Å². The van der Waals surface area contributed by atoms with Gasteiger partial charge in [0, 0.05) is 27.8 Å². The maximum Gasteiger partial charge on any atom is 0.128 e. The van der Waals surface area contributed by atoms with Gasteiger partial charge in [0.25, 0.3) is 0 Å². The smallest absolute Gasteiger partial charge is 0.128 e. The van der Waals surface area contributed by atoms with Gasteiger partial charge in [0.2, 0.25) is 0 Å². The summed E-state index contributed by atoms with van der Waals surface area (Å²) in [7, 11) is 1.66. The molecule has 4 nitrogen and oxygen atoms in total. The van der Waals surface area contributed by atoms with E-state index in [1.54, 1.807) is 7.11 Å². The number of nitrogens with one attached hydrogen (secondary N) is 1. The van der Waals surface area contributed by atoms with Crippen molar-refractivity contribution < 1.29 is 14.3 Å². The van der Waals surface area contributed by atoms with E-state index < -0.39 is 0 Å². The topological polar surface area (TPSA) is 39.7 Å². The Labute approximate surface area is 168 Å². The molecule has 0 aliphatic rings. The van der Waals surface area contributed by atoms with Gasteiger partial charge in [0.1, 0.15) is 11.5 Å². The highest BCUT2D eigenvalue weighted by atomic mass is 79.9. The van der Waals surface area contributed by atoms with Crippen LogP contribution in [-0.2, 0) is 11.4 Å². The normalized spacial score (nSPS) is 10.9. The van der Waals surface area contributed by atoms with Gasteiger partial charge in [-0.25, -0.2) is 0 Å². The number of benzene rings is 1. The van der Waals surface area contributed by atoms with E-state index in [2.05, 4.69) is 27.6 Å². The van der Waals surface area contributed by atoms with Gasteiger partial charge in [0.05, 0.1) is 20.3 Å². The van der Waals surface area contributed by atoms with Gasteiger partial charge in [-0.1, -0.05) is 71.1 Å². The number of methoxy groups -OCH3 is 1. The quantitative estimate of drug-likeness (QED) is 0.169. The first-order chi connectivity index (χ1) is 12.8. The van der Waals surface area contributed by atoms with Crippen LogP contribution in [0.3, 0.4) is 0 Å². The Balaban J connectivity index is 2.05. The SMILES string of the molecule is CCCCCCCCCCCCCOc1ccc(CONBr)c(OC)c1. The Morgan fingerprint density at radius 1 is 0.885 bits per heavy atom. The largest absolute Gasteiger partial charge is 0.496 e. The zero-order chi connectivity index (χ0) is 18.9. The molecule has 0 fully saturated rings. The average Bonchev–Trinajstić information content (AvgIpc) is 2.67. The van der Waals surface area contributed by atoms with Gasteiger partial charge < -0.3 is 9.47 Å². The van der Waals surface area contributed by atoms with Crippen LogP contribution in [0.1, 0.15) is 83.1 Å². The summed E-state index contributed by atoms with van der Waals surface area (Å²) >= 11 is 3.01. The van der Waals surface area contributed by atoms with Gasteiger partial charge >= 0.3 is 0 Å². The Kier molecular flexibility index (Phi) is 14.7. The molecule has 0 radical (unpaired) electrons. The average molecular weight is 430 g/mol. The van der Waals surface area contributed by atoms with Crippen molar-refractivity contribution >= 4 is 16.1 Å². The van der Waals surface area contributed by atoms with Gasteiger partial charge in [-0.3, -0.25) is 4.84 Å². The lowest BCUT2D eigenvalue weighted by atomic mass is 10.1. The molecule has 0 amide bonds. The van der Waals surface area contributed by atoms with Crippen LogP contribution in [0.5, 0.6) is 11.5 Å². The zero-order valence-electron chi connectivity index (χ0n) is 16.5. The molecule has 0 atom stereocenters. The van der Waals surface area contributed by atoms with Crippen LogP contribution in [0.2, 0.25) is 0 Å². The Morgan fingerprint density at radius 2 is 1.50 bits per heavy atom. The van der Waals surface area contributed by atoms with E-state index in [0.29, 0.717) is 6.61 Å². The number of unbranched alkanes of at least 4 members (excludes halogenated alkanes) is 10. The lowest BCUT2D eigenvalue weighted by Crippen LogP contribution is -2.03. The van der Waals surface area contributed by atoms with Crippen molar-refractivity contribution in [2.75, 3.05) is 13.7 Å². The molecule has 0 aromatic heterocycles. The molecule has 1 aromatic rings. The fourth-order valence-electron chi connectivity index (χ4n) is 3.00. The number of ether oxygens (including phenoxy) is 2. The highest BCUT2D eigenvalue weighted by molar-refractivity contribution is 9.07. The standard InChI is InChI=1S/C21H36BrNO3/c1-3-4-5-6-7-8-9-10-11-12-13-16-25-20-15-14-19(18-26-23-22)21(17-20)24-2/h14-15,17,23H,3-13,16,18H2,1-2H3. The second-order valence-corrected chi connectivity index (χ2v) is 7.05. The summed E-state index contributed by atoms with van der Waals surface area (Å²) in [5, 5.41) is 0. The minimum atomic E-state index is 0.424. The molecule has 1 aromatic carbocycles. The monoisotopic (exact) mass is 429 g/mol. The second kappa shape index (κ2) is 16.4. The van der Waals surface area contributed by atoms with Crippen LogP contribution >= 0.6 is 16.1 Å². The summed E-state index contributed by atoms with van der Waals surface area (Å²) in [6, 6.07) is 5.86. The molecule has 1 rings (SSSR count). The number of hydrogen-bond donors (Lipinski definition) is 1. The van der Waals surface area contributed by atoms with Crippen LogP contribution in [0.15, 0.2) is 18.2 Å². The molecule has 1 N–H and O–H groups in total. The molecule has 0 saturated carbocycles. The molecule has 0 aliphatic carbocycles. The van der Waals surface area contributed by atoms with Gasteiger partial charge in [-0.15, -0.1) is 4.51 Å². The van der Waals surface area contributed by atoms with Crippen molar-refractivity contribution in [3.05, 3.63) is 23.8 Å². The van der Waals surface area contributed by atoms with Gasteiger partial charge in [-0.05, 0) is 18.6 Å². The van der Waals surface area contributed by atoms with Crippen molar-refractivity contribution in [1.82, 2.24) is 4.51 Å². The first-order valence-electron chi connectivity index (χ1n) is 10.1. The fourth-order valence-corrected chi connectivity index (χ4v) is 3.11. The lowest BCUT2D eigenvalue weighted by Gasteiger charge is -2.11. The molecule has 0 bridgehead atoms. The van der Waals surface area contributed by atoms with Crippen LogP contribution in [0, 0.1) is 0 Å². The summed E-state index contributed by atoms with van der Waals surface area (Å²) in [5.74, 6) is 1.63. The Hall–Kier alpha value is -0.780. The Bertz CT molecular complexity index is 457. The summed E-state index contributed by atoms with van der Waals surface area (Å²) in [5.41, 5.74) is 0.974. The molecule has 0 unspecified atom stereocenters. The van der Waals surface area contributed by atoms with E-state index in [9.17, 15) is 0 Å². The Morgan fingerprint density at radius 3 is 2.08 bits per heavy atom. The maximum atomic E-state index is 5.84. The van der Waals surface area contributed by atoms with Crippen molar-refractivity contribution in [2.45, 2.75) is 84.2 Å². The summed E-state index contributed by atoms with van der Waals surface area (Å²) < 4.78 is 13.7. The van der Waals surface area contributed by atoms with Gasteiger partial charge in [-0.2, -0.15) is 0 Å². The van der Waals surface area contributed by atoms with E-state index >= 15 is 0 Å². The molecule has 0 aliphatic heterocycles. The highest BCUT2D eigenvalue weighted by Gasteiger charge is 2.05. The minimum Gasteiger partial charge on any atom is -0.496 e. The molecule has 5 heteroatoms. The molecule has 0 spiro atoms. The lowest BCUT2D eigenvalue weighted by molar-refractivity contribution is 0.0904. The summed E-state index contributed by atoms with van der Waals surface area (Å²) in [6.07, 6.45) is 14.8. The molecule has 150 valence electrons. The van der Waals surface area contributed by atoms with Gasteiger partial charge in [0.15, 0.2) is 0 Å². The van der Waals surface area contributed by atoms with Crippen molar-refractivity contribution in [3.8, 4) is 11.5 Å². The van der Waals surface area contributed by atoms with Crippen molar-refractivity contribution in [1.29, 1.82) is 0 Å². The fraction of sp³-hybridized carbons (Fsp3) is 0.714. The predicted octanol–water partition coefficient (Wildman–Crippen LogP) is 6.72. The maximum absolute atomic E-state index is 5.84. The highest BCUT2D eigenvalue weighted by Crippen LogP contribution is 2.25. The van der Waals surface area contributed by atoms with E-state index in [0.717, 1.165) is 30.1 Å². The molecular weight excluding hydrogens is 394 g/mol. The van der Waals surface area contributed by atoms with Crippen LogP contribution in [0.25, 0.3) is 0 Å². The van der Waals surface area contributed by atoms with Crippen LogP contribution in [0.4, 0.5) is 0 Å². The third-order valence-corrected chi connectivity index (χ3v) is 4.79. The molecule has 0 saturated heterocycles. The predicted molar refractivity (Wildman–Crippen MR) is 112 cm³/mol. The van der Waals surface area contributed by atoms with E-state index in [4.69, 9.17) is 14.3 Å². The van der Waals surface area contributed by atoms with E-state index in [-0.39, 0.29) is 0 Å². The van der Waals surface area contributed by atoms with Crippen LogP contribution < -0.4 is 14.0 Å². The van der Waals surface area contributed by atoms with Crippen molar-refractivity contribution in [2.24, 2.45) is 0 Å². The molecule has 26 heavy (non-hydrogen) atoms. The summed E-state index contributed by atoms with van der Waals surface area (Å²) in [4.78, 5) is 5.13. The first-order valence-corrected chi connectivity index (χ1v) is 10.9. The third kappa shape index (κ3) is 11.0. The molecule has 0 heterocycles. The zero-order valence-corrected chi connectivity index (χ0v) is 18.1. The van der Waals surface area contributed by atoms with E-state index in [1.807, 2.05) is 18.2 Å². The number of halogens is 1. The molecular formula is C21H36BrNO3. The van der Waals surface area contributed by atoms with E-state index in [1.165, 1.54) is 64.2 Å². The van der Waals surface area contributed by atoms with Crippen molar-refractivity contribution in [3.63, 3.8) is 0 Å². The first kappa shape index (κ1) is 23.3. The third-order valence-electron chi connectivity index (χ3n) is 4.56. The minimum absolute atomic E-state index is 0.424. The second-order valence-electron chi connectivity index (χ2n) is 6.72.